The second kappa shape index (κ2) is 7.55. The lowest BCUT2D eigenvalue weighted by molar-refractivity contribution is 0.0909. The summed E-state index contributed by atoms with van der Waals surface area (Å²) in [7, 11) is 0. The monoisotopic (exact) mass is 335 g/mol. The number of aliphatic hydroxyl groups excluding tert-OH is 1. The Labute approximate surface area is 144 Å². The number of hydrogen-bond donors (Lipinski definition) is 2. The minimum atomic E-state index is -0.549. The highest BCUT2D eigenvalue weighted by molar-refractivity contribution is 5.92. The number of nitrogens with zero attached hydrogens (tertiary/aromatic N) is 2. The average molecular weight is 335 g/mol. The maximum Gasteiger partial charge on any atom is 0.272 e. The molecule has 2 N–H and O–H groups in total. The molecule has 126 valence electrons. The number of rotatable bonds is 5. The number of carbonyl (C=O) groups is 1. The molecule has 6 heteroatoms. The highest BCUT2D eigenvalue weighted by atomic mass is 16.3. The number of carbonyl (C=O) groups excluding carboxylic acids is 1. The molecule has 1 aromatic heterocycles. The zero-order valence-corrected chi connectivity index (χ0v) is 13.4. The fourth-order valence-electron chi connectivity index (χ4n) is 2.44. The van der Waals surface area contributed by atoms with Gasteiger partial charge >= 0.3 is 0 Å². The van der Waals surface area contributed by atoms with E-state index in [-0.39, 0.29) is 17.9 Å². The van der Waals surface area contributed by atoms with Gasteiger partial charge in [0.15, 0.2) is 0 Å². The van der Waals surface area contributed by atoms with Gasteiger partial charge in [0.05, 0.1) is 18.3 Å². The number of benzene rings is 2. The van der Waals surface area contributed by atoms with Crippen molar-refractivity contribution in [2.24, 2.45) is 0 Å². The van der Waals surface area contributed by atoms with Crippen molar-refractivity contribution < 1.29 is 9.90 Å². The van der Waals surface area contributed by atoms with Gasteiger partial charge in [-0.2, -0.15) is 9.78 Å². The molecule has 0 aliphatic rings. The fourth-order valence-corrected chi connectivity index (χ4v) is 2.44. The van der Waals surface area contributed by atoms with Crippen molar-refractivity contribution in [3.63, 3.8) is 0 Å². The van der Waals surface area contributed by atoms with E-state index in [4.69, 9.17) is 0 Å². The first-order valence-corrected chi connectivity index (χ1v) is 7.81. The summed E-state index contributed by atoms with van der Waals surface area (Å²) in [5.41, 5.74) is 1.13. The van der Waals surface area contributed by atoms with Crippen LogP contribution in [0.1, 0.15) is 22.1 Å². The van der Waals surface area contributed by atoms with Crippen molar-refractivity contribution in [2.75, 3.05) is 6.61 Å². The van der Waals surface area contributed by atoms with Crippen LogP contribution < -0.4 is 10.9 Å². The molecule has 0 spiro atoms. The van der Waals surface area contributed by atoms with Gasteiger partial charge in [-0.05, 0) is 23.8 Å². The van der Waals surface area contributed by atoms with E-state index in [2.05, 4.69) is 10.4 Å². The van der Waals surface area contributed by atoms with Crippen LogP contribution in [0.2, 0.25) is 0 Å². The van der Waals surface area contributed by atoms with E-state index in [1.807, 2.05) is 36.4 Å². The van der Waals surface area contributed by atoms with Crippen LogP contribution >= 0.6 is 0 Å². The van der Waals surface area contributed by atoms with Crippen LogP contribution in [-0.2, 0) is 0 Å². The lowest BCUT2D eigenvalue weighted by Crippen LogP contribution is -2.33. The summed E-state index contributed by atoms with van der Waals surface area (Å²) in [5, 5.41) is 16.4. The number of aromatic nitrogens is 2. The second-order valence-electron chi connectivity index (χ2n) is 5.42. The first-order chi connectivity index (χ1) is 12.2. The molecule has 0 aliphatic heterocycles. The molecule has 25 heavy (non-hydrogen) atoms. The lowest BCUT2D eigenvalue weighted by atomic mass is 10.1. The average Bonchev–Trinajstić information content (AvgIpc) is 2.67. The van der Waals surface area contributed by atoms with Crippen LogP contribution in [0.15, 0.2) is 77.6 Å². The van der Waals surface area contributed by atoms with Crippen molar-refractivity contribution >= 4 is 5.91 Å². The smallest absolute Gasteiger partial charge is 0.272 e. The topological polar surface area (TPSA) is 84.2 Å². The van der Waals surface area contributed by atoms with E-state index in [1.165, 1.54) is 16.8 Å². The molecule has 2 aromatic carbocycles. The van der Waals surface area contributed by atoms with Gasteiger partial charge in [-0.1, -0.05) is 48.5 Å². The number of para-hydroxylation sites is 1. The third-order valence-corrected chi connectivity index (χ3v) is 3.72. The Balaban J connectivity index is 1.87. The van der Waals surface area contributed by atoms with E-state index in [0.717, 1.165) is 5.56 Å². The van der Waals surface area contributed by atoms with Gasteiger partial charge in [0, 0.05) is 6.07 Å². The normalized spacial score (nSPS) is 11.7. The number of aliphatic hydroxyl groups is 1. The molecule has 1 heterocycles. The quantitative estimate of drug-likeness (QED) is 0.743. The SMILES string of the molecule is O=C(NC(CO)c1ccccc1)c1ccc(=O)n(-c2ccccc2)n1. The molecule has 0 radical (unpaired) electrons. The van der Waals surface area contributed by atoms with Crippen molar-refractivity contribution in [2.45, 2.75) is 6.04 Å². The predicted octanol–water partition coefficient (Wildman–Crippen LogP) is 1.70. The Morgan fingerprint density at radius 2 is 1.64 bits per heavy atom. The number of hydrogen-bond acceptors (Lipinski definition) is 4. The van der Waals surface area contributed by atoms with Crippen molar-refractivity contribution in [1.82, 2.24) is 15.1 Å². The number of amides is 1. The Morgan fingerprint density at radius 3 is 2.28 bits per heavy atom. The standard InChI is InChI=1S/C19H17N3O3/c23-13-17(14-7-3-1-4-8-14)20-19(25)16-11-12-18(24)22(21-16)15-9-5-2-6-10-15/h1-12,17,23H,13H2,(H,20,25). The summed E-state index contributed by atoms with van der Waals surface area (Å²) in [6.45, 7) is -0.242. The molecule has 3 aromatic rings. The molecule has 0 bridgehead atoms. The van der Waals surface area contributed by atoms with Crippen LogP contribution in [0.25, 0.3) is 5.69 Å². The van der Waals surface area contributed by atoms with Gasteiger partial charge < -0.3 is 10.4 Å². The summed E-state index contributed by atoms with van der Waals surface area (Å²) >= 11 is 0. The van der Waals surface area contributed by atoms with Gasteiger partial charge in [-0.25, -0.2) is 0 Å². The summed E-state index contributed by atoms with van der Waals surface area (Å²) in [4.78, 5) is 24.5. The summed E-state index contributed by atoms with van der Waals surface area (Å²) in [6.07, 6.45) is 0. The molecular formula is C19H17N3O3. The van der Waals surface area contributed by atoms with Crippen LogP contribution in [0, 0.1) is 0 Å². The van der Waals surface area contributed by atoms with E-state index in [9.17, 15) is 14.7 Å². The second-order valence-corrected chi connectivity index (χ2v) is 5.42. The van der Waals surface area contributed by atoms with Crippen LogP contribution in [-0.4, -0.2) is 27.4 Å². The van der Waals surface area contributed by atoms with Gasteiger partial charge in [0.25, 0.3) is 11.5 Å². The van der Waals surface area contributed by atoms with Crippen molar-refractivity contribution in [3.8, 4) is 5.69 Å². The van der Waals surface area contributed by atoms with Crippen molar-refractivity contribution in [1.29, 1.82) is 0 Å². The van der Waals surface area contributed by atoms with Gasteiger partial charge in [0.2, 0.25) is 0 Å². The Bertz CT molecular complexity index is 908. The molecule has 0 aliphatic carbocycles. The Kier molecular flexibility index (Phi) is 5.01. The molecule has 0 fully saturated rings. The molecular weight excluding hydrogens is 318 g/mol. The maximum absolute atomic E-state index is 12.5. The Morgan fingerprint density at radius 1 is 1.00 bits per heavy atom. The number of nitrogens with one attached hydrogen (secondary N) is 1. The maximum atomic E-state index is 12.5. The lowest BCUT2D eigenvalue weighted by Gasteiger charge is -2.16. The molecule has 6 nitrogen and oxygen atoms in total. The van der Waals surface area contributed by atoms with Crippen molar-refractivity contribution in [3.05, 3.63) is 94.4 Å². The fraction of sp³-hybridized carbons (Fsp3) is 0.105. The minimum absolute atomic E-state index is 0.0952. The largest absolute Gasteiger partial charge is 0.394 e. The molecule has 0 saturated carbocycles. The van der Waals surface area contributed by atoms with Crippen LogP contribution in [0.5, 0.6) is 0 Å². The molecule has 3 rings (SSSR count). The van der Waals surface area contributed by atoms with E-state index >= 15 is 0 Å². The minimum Gasteiger partial charge on any atom is -0.394 e. The first kappa shape index (κ1) is 16.6. The Hall–Kier alpha value is -3.25. The van der Waals surface area contributed by atoms with Gasteiger partial charge in [0.1, 0.15) is 5.69 Å². The third-order valence-electron chi connectivity index (χ3n) is 3.72. The summed E-state index contributed by atoms with van der Waals surface area (Å²) in [6, 6.07) is 20.1. The van der Waals surface area contributed by atoms with E-state index in [1.54, 1.807) is 24.3 Å². The van der Waals surface area contributed by atoms with Crippen LogP contribution in [0.3, 0.4) is 0 Å². The van der Waals surface area contributed by atoms with E-state index in [0.29, 0.717) is 5.69 Å². The third kappa shape index (κ3) is 3.81. The van der Waals surface area contributed by atoms with Crippen LogP contribution in [0.4, 0.5) is 0 Å². The van der Waals surface area contributed by atoms with E-state index < -0.39 is 11.9 Å². The molecule has 1 amide bonds. The zero-order chi connectivity index (χ0) is 17.6. The van der Waals surface area contributed by atoms with Gasteiger partial charge in [-0.3, -0.25) is 9.59 Å². The predicted molar refractivity (Wildman–Crippen MR) is 93.6 cm³/mol. The molecule has 0 saturated heterocycles. The van der Waals surface area contributed by atoms with Gasteiger partial charge in [-0.15, -0.1) is 0 Å². The first-order valence-electron chi connectivity index (χ1n) is 7.81. The summed E-state index contributed by atoms with van der Waals surface area (Å²) < 4.78 is 1.17. The molecule has 1 unspecified atom stereocenters. The highest BCUT2D eigenvalue weighted by Gasteiger charge is 2.16. The zero-order valence-electron chi connectivity index (χ0n) is 13.4. The molecule has 1 atom stereocenters. The summed E-state index contributed by atoms with van der Waals surface area (Å²) in [5.74, 6) is -0.465. The highest BCUT2D eigenvalue weighted by Crippen LogP contribution is 2.12.